The molecule has 0 amide bonds. The summed E-state index contributed by atoms with van der Waals surface area (Å²) in [5.41, 5.74) is 1.44. The Labute approximate surface area is 202 Å². The summed E-state index contributed by atoms with van der Waals surface area (Å²) in [5, 5.41) is 2.74. The molecule has 0 fully saturated rings. The minimum Gasteiger partial charge on any atom is -0.302 e. The van der Waals surface area contributed by atoms with Gasteiger partial charge in [0.2, 0.25) is 0 Å². The lowest BCUT2D eigenvalue weighted by Gasteiger charge is -2.20. The maximum atomic E-state index is 11.9. The fourth-order valence-corrected chi connectivity index (χ4v) is 4.71. The van der Waals surface area contributed by atoms with Gasteiger partial charge in [-0.3, -0.25) is 9.05 Å². The molecule has 2 atom stereocenters. The molecule has 0 aliphatic carbocycles. The van der Waals surface area contributed by atoms with E-state index in [2.05, 4.69) is 77.1 Å². The second-order valence-corrected chi connectivity index (χ2v) is 10.3. The normalized spacial score (nSPS) is 14.8. The van der Waals surface area contributed by atoms with Gasteiger partial charge in [-0.2, -0.15) is 0 Å². The average molecular weight is 479 g/mol. The van der Waals surface area contributed by atoms with Crippen molar-refractivity contribution in [1.82, 2.24) is 0 Å². The quantitative estimate of drug-likeness (QED) is 0.260. The van der Waals surface area contributed by atoms with Crippen LogP contribution in [-0.2, 0) is 20.0 Å². The first-order chi connectivity index (χ1) is 15.9. The summed E-state index contributed by atoms with van der Waals surface area (Å²) in [4.78, 5) is 9.77. The zero-order valence-corrected chi connectivity index (χ0v) is 22.5. The summed E-state index contributed by atoms with van der Waals surface area (Å²) in [7, 11) is -3.89. The van der Waals surface area contributed by atoms with E-state index in [1.54, 1.807) is 0 Å². The number of aryl methyl sites for hydroxylation is 1. The van der Waals surface area contributed by atoms with Crippen molar-refractivity contribution in [3.8, 4) is 0 Å². The van der Waals surface area contributed by atoms with Crippen molar-refractivity contribution < 1.29 is 18.5 Å². The Morgan fingerprint density at radius 2 is 1.30 bits per heavy atom. The molecule has 0 saturated carbocycles. The number of fused-ring (bicyclic) bond motifs is 1. The summed E-state index contributed by atoms with van der Waals surface area (Å²) < 4.78 is 22.2. The van der Waals surface area contributed by atoms with Gasteiger partial charge in [-0.15, -0.1) is 0 Å². The van der Waals surface area contributed by atoms with Gasteiger partial charge in [-0.05, 0) is 47.4 Å². The van der Waals surface area contributed by atoms with Crippen LogP contribution in [0.5, 0.6) is 0 Å². The molecule has 0 aliphatic heterocycles. The highest BCUT2D eigenvalue weighted by molar-refractivity contribution is 7.47. The third-order valence-corrected chi connectivity index (χ3v) is 7.24. The van der Waals surface area contributed by atoms with Crippen molar-refractivity contribution >= 4 is 18.6 Å². The molecule has 0 spiro atoms. The molecule has 188 valence electrons. The molecule has 0 radical (unpaired) electrons. The predicted molar refractivity (Wildman–Crippen MR) is 142 cm³/mol. The van der Waals surface area contributed by atoms with E-state index in [0.717, 1.165) is 57.8 Å². The van der Waals surface area contributed by atoms with Crippen LogP contribution in [0.25, 0.3) is 10.8 Å². The highest BCUT2D eigenvalue weighted by Crippen LogP contribution is 2.44. The van der Waals surface area contributed by atoms with Gasteiger partial charge in [0, 0.05) is 0 Å². The molecule has 2 aromatic carbocycles. The number of unbranched alkanes of at least 4 members (excludes halogenated alkanes) is 2. The molecular weight excluding hydrogens is 431 g/mol. The highest BCUT2D eigenvalue weighted by atomic mass is 31.2. The lowest BCUT2D eigenvalue weighted by atomic mass is 10.0. The summed E-state index contributed by atoms with van der Waals surface area (Å²) in [6.07, 6.45) is 9.67. The van der Waals surface area contributed by atoms with Crippen molar-refractivity contribution in [2.75, 3.05) is 13.2 Å². The van der Waals surface area contributed by atoms with Crippen LogP contribution in [0, 0.1) is 11.8 Å². The molecular formula is C28H47O4P. The Morgan fingerprint density at radius 1 is 0.788 bits per heavy atom. The van der Waals surface area contributed by atoms with E-state index < -0.39 is 7.82 Å². The van der Waals surface area contributed by atoms with E-state index in [0.29, 0.717) is 25.0 Å². The third-order valence-electron chi connectivity index (χ3n) is 6.29. The predicted octanol–water partition coefficient (Wildman–Crippen LogP) is 8.96. The van der Waals surface area contributed by atoms with E-state index in [9.17, 15) is 9.46 Å². The minimum absolute atomic E-state index is 0.316. The zero-order valence-electron chi connectivity index (χ0n) is 21.6. The fraction of sp³-hybridized carbons (Fsp3) is 0.643. The molecule has 5 heteroatoms. The number of phosphoric acid groups is 1. The van der Waals surface area contributed by atoms with Gasteiger partial charge in [0.15, 0.2) is 0 Å². The molecule has 2 aromatic rings. The number of hydrogen-bond donors (Lipinski definition) is 1. The second-order valence-electron chi connectivity index (χ2n) is 8.88. The Bertz CT molecular complexity index is 778. The molecule has 4 nitrogen and oxygen atoms in total. The summed E-state index contributed by atoms with van der Waals surface area (Å²) in [6.45, 7) is 11.3. The van der Waals surface area contributed by atoms with Gasteiger partial charge in [-0.1, -0.05) is 116 Å². The van der Waals surface area contributed by atoms with Gasteiger partial charge < -0.3 is 4.89 Å². The molecule has 33 heavy (non-hydrogen) atoms. The monoisotopic (exact) mass is 478 g/mol. The van der Waals surface area contributed by atoms with Crippen molar-refractivity contribution in [3.05, 3.63) is 48.0 Å². The number of benzene rings is 2. The van der Waals surface area contributed by atoms with Crippen LogP contribution in [-0.4, -0.2) is 18.1 Å². The zero-order chi connectivity index (χ0) is 24.5. The second kappa shape index (κ2) is 17.3. The van der Waals surface area contributed by atoms with Crippen molar-refractivity contribution in [3.63, 3.8) is 0 Å². The first-order valence-electron chi connectivity index (χ1n) is 13.0. The smallest absolute Gasteiger partial charge is 0.302 e. The summed E-state index contributed by atoms with van der Waals surface area (Å²) >= 11 is 0. The third kappa shape index (κ3) is 12.2. The van der Waals surface area contributed by atoms with Gasteiger partial charge in [0.25, 0.3) is 0 Å². The number of hydrogen-bond acceptors (Lipinski definition) is 3. The minimum atomic E-state index is -3.89. The maximum Gasteiger partial charge on any atom is 0.472 e. The van der Waals surface area contributed by atoms with Gasteiger partial charge in [0.1, 0.15) is 0 Å². The summed E-state index contributed by atoms with van der Waals surface area (Å²) in [6, 6.07) is 15.0. The van der Waals surface area contributed by atoms with E-state index in [1.807, 2.05) is 0 Å². The Hall–Kier alpha value is -1.19. The van der Waals surface area contributed by atoms with Crippen LogP contribution >= 0.6 is 7.82 Å². The topological polar surface area (TPSA) is 55.8 Å². The lowest BCUT2D eigenvalue weighted by Crippen LogP contribution is -2.12. The first-order valence-corrected chi connectivity index (χ1v) is 14.5. The SMILES string of the molecule is CCCCC(CC)COP(=O)(O)OCC(CC)CCCC.CCc1cccc2ccccc12. The van der Waals surface area contributed by atoms with E-state index in [4.69, 9.17) is 9.05 Å². The Morgan fingerprint density at radius 3 is 1.79 bits per heavy atom. The molecule has 2 rings (SSSR count). The molecule has 0 aliphatic rings. The molecule has 2 unspecified atom stereocenters. The Balaban J connectivity index is 0.000000377. The van der Waals surface area contributed by atoms with Crippen LogP contribution < -0.4 is 0 Å². The maximum absolute atomic E-state index is 11.9. The fourth-order valence-electron chi connectivity index (χ4n) is 3.83. The average Bonchev–Trinajstić information content (AvgIpc) is 2.84. The van der Waals surface area contributed by atoms with Crippen molar-refractivity contribution in [1.29, 1.82) is 0 Å². The number of phosphoric ester groups is 1. The van der Waals surface area contributed by atoms with Gasteiger partial charge in [0.05, 0.1) is 13.2 Å². The van der Waals surface area contributed by atoms with Crippen LogP contribution in [0.1, 0.15) is 91.5 Å². The van der Waals surface area contributed by atoms with E-state index in [1.165, 1.54) is 16.3 Å². The first kappa shape index (κ1) is 29.8. The molecule has 0 aromatic heterocycles. The largest absolute Gasteiger partial charge is 0.472 e. The van der Waals surface area contributed by atoms with Crippen LogP contribution in [0.15, 0.2) is 42.5 Å². The van der Waals surface area contributed by atoms with Crippen LogP contribution in [0.4, 0.5) is 0 Å². The number of rotatable bonds is 15. The highest BCUT2D eigenvalue weighted by Gasteiger charge is 2.24. The van der Waals surface area contributed by atoms with Crippen LogP contribution in [0.2, 0.25) is 0 Å². The molecule has 0 bridgehead atoms. The van der Waals surface area contributed by atoms with E-state index in [-0.39, 0.29) is 0 Å². The standard InChI is InChI=1S/C16H35O4P.C12H12/c1-5-9-11-15(7-3)13-19-21(17,18)20-14-16(8-4)12-10-6-2;1-2-10-7-5-8-11-6-3-4-9-12(10)11/h15-16H,5-14H2,1-4H3,(H,17,18);3-9H,2H2,1H3. The lowest BCUT2D eigenvalue weighted by molar-refractivity contribution is 0.110. The molecule has 0 heterocycles. The summed E-state index contributed by atoms with van der Waals surface area (Å²) in [5.74, 6) is 0.687. The van der Waals surface area contributed by atoms with Crippen molar-refractivity contribution in [2.24, 2.45) is 11.8 Å². The Kier molecular flexibility index (Phi) is 15.6. The van der Waals surface area contributed by atoms with E-state index >= 15 is 0 Å². The van der Waals surface area contributed by atoms with Gasteiger partial charge >= 0.3 is 7.82 Å². The molecule has 0 saturated heterocycles. The van der Waals surface area contributed by atoms with Gasteiger partial charge in [-0.25, -0.2) is 4.57 Å². The molecule has 1 N–H and O–H groups in total. The van der Waals surface area contributed by atoms with Crippen molar-refractivity contribution in [2.45, 2.75) is 92.4 Å². The van der Waals surface area contributed by atoms with Crippen LogP contribution in [0.3, 0.4) is 0 Å².